The molecular formula is C24H23Cl2N3O5S. The van der Waals surface area contributed by atoms with Crippen LogP contribution in [0.25, 0.3) is 5.69 Å². The molecule has 3 aromatic rings. The molecule has 1 N–H and O–H groups in total. The van der Waals surface area contributed by atoms with Crippen molar-refractivity contribution >= 4 is 52.2 Å². The summed E-state index contributed by atoms with van der Waals surface area (Å²) in [7, 11) is 0. The number of cyclic esters (lactones) is 1. The van der Waals surface area contributed by atoms with Gasteiger partial charge in [-0.15, -0.1) is 22.9 Å². The van der Waals surface area contributed by atoms with Crippen molar-refractivity contribution in [3.05, 3.63) is 73.3 Å². The van der Waals surface area contributed by atoms with Gasteiger partial charge in [0.05, 0.1) is 33.9 Å². The van der Waals surface area contributed by atoms with Crippen molar-refractivity contribution in [2.24, 2.45) is 0 Å². The molecule has 1 atom stereocenters. The van der Waals surface area contributed by atoms with Crippen molar-refractivity contribution in [2.75, 3.05) is 30.5 Å². The SMILES string of the molecule is Cc1cc(N2C[C@H](CNC(=O)c3ccc(Cl)s3)OC2=O)cc(C)c1-n1cccc(OCCCl)c1=O. The maximum absolute atomic E-state index is 12.9. The molecule has 1 aliphatic heterocycles. The minimum absolute atomic E-state index is 0.178. The summed E-state index contributed by atoms with van der Waals surface area (Å²) in [5.74, 6) is 0.226. The summed E-state index contributed by atoms with van der Waals surface area (Å²) in [5, 5.41) is 2.78. The molecule has 2 amide bonds. The molecule has 0 aliphatic carbocycles. The number of amides is 2. The zero-order chi connectivity index (χ0) is 25.1. The third-order valence-electron chi connectivity index (χ3n) is 5.44. The molecular weight excluding hydrogens is 513 g/mol. The number of rotatable bonds is 8. The lowest BCUT2D eigenvalue weighted by Crippen LogP contribution is -2.34. The maximum Gasteiger partial charge on any atom is 0.414 e. The lowest BCUT2D eigenvalue weighted by Gasteiger charge is -2.19. The number of aryl methyl sites for hydroxylation is 2. The van der Waals surface area contributed by atoms with Crippen LogP contribution in [0.2, 0.25) is 4.34 Å². The number of benzene rings is 1. The Morgan fingerprint density at radius 1 is 1.23 bits per heavy atom. The van der Waals surface area contributed by atoms with E-state index in [1.807, 2.05) is 26.0 Å². The van der Waals surface area contributed by atoms with E-state index in [0.717, 1.165) is 11.1 Å². The molecule has 2 aromatic heterocycles. The first-order valence-electron chi connectivity index (χ1n) is 10.8. The molecule has 35 heavy (non-hydrogen) atoms. The van der Waals surface area contributed by atoms with Crippen LogP contribution in [0.4, 0.5) is 10.5 Å². The van der Waals surface area contributed by atoms with Crippen LogP contribution in [0.1, 0.15) is 20.8 Å². The lowest BCUT2D eigenvalue weighted by atomic mass is 10.1. The van der Waals surface area contributed by atoms with Gasteiger partial charge in [0.15, 0.2) is 5.75 Å². The highest BCUT2D eigenvalue weighted by molar-refractivity contribution is 7.18. The average molecular weight is 536 g/mol. The first-order valence-corrected chi connectivity index (χ1v) is 12.5. The number of anilines is 1. The fourth-order valence-electron chi connectivity index (χ4n) is 3.95. The van der Waals surface area contributed by atoms with E-state index < -0.39 is 12.2 Å². The molecule has 0 unspecified atom stereocenters. The van der Waals surface area contributed by atoms with Gasteiger partial charge in [0.25, 0.3) is 11.5 Å². The van der Waals surface area contributed by atoms with Crippen LogP contribution in [-0.4, -0.2) is 48.2 Å². The second-order valence-corrected chi connectivity index (χ2v) is 10.0. The van der Waals surface area contributed by atoms with Crippen molar-refractivity contribution in [3.8, 4) is 11.4 Å². The molecule has 1 aromatic carbocycles. The Kier molecular flexibility index (Phi) is 7.69. The first-order chi connectivity index (χ1) is 16.8. The van der Waals surface area contributed by atoms with E-state index in [0.29, 0.717) is 20.6 Å². The van der Waals surface area contributed by atoms with Crippen molar-refractivity contribution in [1.82, 2.24) is 9.88 Å². The van der Waals surface area contributed by atoms with Crippen LogP contribution in [0.5, 0.6) is 5.75 Å². The molecule has 184 valence electrons. The predicted molar refractivity (Wildman–Crippen MR) is 137 cm³/mol. The number of aromatic nitrogens is 1. The van der Waals surface area contributed by atoms with Crippen LogP contribution in [-0.2, 0) is 4.74 Å². The minimum Gasteiger partial charge on any atom is -0.487 e. The zero-order valence-corrected chi connectivity index (χ0v) is 21.4. The van der Waals surface area contributed by atoms with Crippen LogP contribution >= 0.6 is 34.5 Å². The standard InChI is InChI=1S/C24H23Cl2N3O5S/c1-14-10-16(11-15(2)21(14)28-8-3-4-18(23(28)31)33-9-7-25)29-13-17(34-24(29)32)12-27-22(30)19-5-6-20(26)35-19/h3-6,8,10-11,17H,7,9,12-13H2,1-2H3,(H,27,30)/t17-/m0/s1. The monoisotopic (exact) mass is 535 g/mol. The Bertz CT molecular complexity index is 1300. The quantitative estimate of drug-likeness (QED) is 0.427. The number of ether oxygens (including phenoxy) is 2. The van der Waals surface area contributed by atoms with Crippen LogP contribution in [0.15, 0.2) is 47.4 Å². The largest absolute Gasteiger partial charge is 0.487 e. The number of nitrogens with zero attached hydrogens (tertiary/aromatic N) is 2. The summed E-state index contributed by atoms with van der Waals surface area (Å²) in [5.41, 5.74) is 2.67. The Morgan fingerprint density at radius 3 is 2.63 bits per heavy atom. The van der Waals surface area contributed by atoms with Crippen LogP contribution in [0, 0.1) is 13.8 Å². The molecule has 0 spiro atoms. The van der Waals surface area contributed by atoms with Gasteiger partial charge in [-0.2, -0.15) is 0 Å². The third-order valence-corrected chi connectivity index (χ3v) is 6.82. The van der Waals surface area contributed by atoms with E-state index in [1.165, 1.54) is 20.8 Å². The maximum atomic E-state index is 12.9. The summed E-state index contributed by atoms with van der Waals surface area (Å²) in [6.07, 6.45) is 0.679. The van der Waals surface area contributed by atoms with Gasteiger partial charge < -0.3 is 14.8 Å². The second-order valence-electron chi connectivity index (χ2n) is 7.94. The Hall–Kier alpha value is -3.01. The fraction of sp³-hybridized carbons (Fsp3) is 0.292. The molecule has 0 saturated carbocycles. The smallest absolute Gasteiger partial charge is 0.414 e. The average Bonchev–Trinajstić information content (AvgIpc) is 3.42. The topological polar surface area (TPSA) is 89.9 Å². The Morgan fingerprint density at radius 2 is 1.97 bits per heavy atom. The fourth-order valence-corrected chi connectivity index (χ4v) is 4.98. The second kappa shape index (κ2) is 10.7. The highest BCUT2D eigenvalue weighted by Crippen LogP contribution is 2.29. The highest BCUT2D eigenvalue weighted by atomic mass is 35.5. The number of nitrogens with one attached hydrogen (secondary N) is 1. The van der Waals surface area contributed by atoms with Gasteiger partial charge in [-0.1, -0.05) is 11.6 Å². The van der Waals surface area contributed by atoms with Gasteiger partial charge in [0.1, 0.15) is 12.7 Å². The minimum atomic E-state index is -0.499. The molecule has 8 nitrogen and oxygen atoms in total. The van der Waals surface area contributed by atoms with Gasteiger partial charge >= 0.3 is 6.09 Å². The highest BCUT2D eigenvalue weighted by Gasteiger charge is 2.33. The molecule has 1 fully saturated rings. The number of thiophene rings is 1. The molecule has 4 rings (SSSR count). The Balaban J connectivity index is 1.50. The van der Waals surface area contributed by atoms with E-state index in [-0.39, 0.29) is 42.8 Å². The van der Waals surface area contributed by atoms with E-state index >= 15 is 0 Å². The normalized spacial score (nSPS) is 15.3. The number of pyridine rings is 1. The molecule has 11 heteroatoms. The van der Waals surface area contributed by atoms with Gasteiger partial charge in [0, 0.05) is 11.9 Å². The van der Waals surface area contributed by atoms with Gasteiger partial charge in [-0.25, -0.2) is 4.79 Å². The molecule has 1 saturated heterocycles. The van der Waals surface area contributed by atoms with Gasteiger partial charge in [-0.3, -0.25) is 19.1 Å². The number of halogens is 2. The predicted octanol–water partition coefficient (Wildman–Crippen LogP) is 4.54. The molecule has 0 radical (unpaired) electrons. The first kappa shape index (κ1) is 25.1. The van der Waals surface area contributed by atoms with Gasteiger partial charge in [-0.05, 0) is 61.4 Å². The van der Waals surface area contributed by atoms with Gasteiger partial charge in [0.2, 0.25) is 0 Å². The number of hydrogen-bond acceptors (Lipinski definition) is 6. The summed E-state index contributed by atoms with van der Waals surface area (Å²) >= 11 is 12.7. The Labute approximate surface area is 216 Å². The van der Waals surface area contributed by atoms with Crippen molar-refractivity contribution in [2.45, 2.75) is 20.0 Å². The number of alkyl halides is 1. The van der Waals surface area contributed by atoms with E-state index in [4.69, 9.17) is 32.7 Å². The van der Waals surface area contributed by atoms with Crippen molar-refractivity contribution in [1.29, 1.82) is 0 Å². The van der Waals surface area contributed by atoms with Crippen LogP contribution in [0.3, 0.4) is 0 Å². The summed E-state index contributed by atoms with van der Waals surface area (Å²) in [4.78, 5) is 39.8. The van der Waals surface area contributed by atoms with E-state index in [9.17, 15) is 14.4 Å². The zero-order valence-electron chi connectivity index (χ0n) is 19.0. The summed E-state index contributed by atoms with van der Waals surface area (Å²) < 4.78 is 13.0. The lowest BCUT2D eigenvalue weighted by molar-refractivity contribution is 0.0920. The van der Waals surface area contributed by atoms with E-state index in [1.54, 1.807) is 30.5 Å². The molecule has 3 heterocycles. The number of carbonyl (C=O) groups is 2. The van der Waals surface area contributed by atoms with E-state index in [2.05, 4.69) is 5.32 Å². The summed E-state index contributed by atoms with van der Waals surface area (Å²) in [6.45, 7) is 4.44. The number of carbonyl (C=O) groups excluding carboxylic acids is 2. The third kappa shape index (κ3) is 5.47. The van der Waals surface area contributed by atoms with Crippen molar-refractivity contribution < 1.29 is 19.1 Å². The number of hydrogen-bond donors (Lipinski definition) is 1. The van der Waals surface area contributed by atoms with Crippen molar-refractivity contribution in [3.63, 3.8) is 0 Å². The molecule has 1 aliphatic rings. The molecule has 0 bridgehead atoms. The van der Waals surface area contributed by atoms with Crippen LogP contribution < -0.4 is 20.5 Å². The summed E-state index contributed by atoms with van der Waals surface area (Å²) in [6, 6.07) is 10.3.